The Balaban J connectivity index is 1.15. The SMILES string of the molecule is CC(C)CCC[C@@H](C)[C@H]1CCC2C3CC=C4CC(OC(=O)NCCCCCCCCCCCC(=O)O)CC[C@]4(C)C3CC[C@@]21C. The molecule has 0 aromatic heterocycles. The van der Waals surface area contributed by atoms with E-state index in [2.05, 4.69) is 46.0 Å². The number of fused-ring (bicyclic) bond motifs is 5. The van der Waals surface area contributed by atoms with Crippen LogP contribution in [0.5, 0.6) is 0 Å². The normalized spacial score (nSPS) is 33.1. The molecule has 5 heteroatoms. The topological polar surface area (TPSA) is 75.6 Å². The zero-order valence-electron chi connectivity index (χ0n) is 29.8. The van der Waals surface area contributed by atoms with Gasteiger partial charge < -0.3 is 15.2 Å². The van der Waals surface area contributed by atoms with Gasteiger partial charge in [0.2, 0.25) is 0 Å². The Kier molecular flexibility index (Phi) is 13.8. The highest BCUT2D eigenvalue weighted by Gasteiger charge is 2.59. The fourth-order valence-corrected chi connectivity index (χ4v) is 10.8. The number of hydrogen-bond acceptors (Lipinski definition) is 3. The van der Waals surface area contributed by atoms with Crippen LogP contribution in [0.3, 0.4) is 0 Å². The summed E-state index contributed by atoms with van der Waals surface area (Å²) >= 11 is 0. The Morgan fingerprint density at radius 3 is 2.24 bits per heavy atom. The number of unbranched alkanes of at least 4 members (excludes halogenated alkanes) is 8. The smallest absolute Gasteiger partial charge is 0.407 e. The number of alkyl carbamates (subject to hydrolysis) is 1. The first-order valence-corrected chi connectivity index (χ1v) is 19.4. The van der Waals surface area contributed by atoms with Crippen LogP contribution in [-0.4, -0.2) is 29.8 Å². The van der Waals surface area contributed by atoms with Crippen molar-refractivity contribution in [2.45, 2.75) is 176 Å². The number of rotatable bonds is 18. The molecule has 0 radical (unpaired) electrons. The minimum absolute atomic E-state index is 0.0211. The van der Waals surface area contributed by atoms with E-state index in [-0.39, 0.29) is 12.2 Å². The summed E-state index contributed by atoms with van der Waals surface area (Å²) in [6.45, 7) is 13.2. The Bertz CT molecular complexity index is 975. The molecule has 0 bridgehead atoms. The zero-order valence-corrected chi connectivity index (χ0v) is 29.8. The Morgan fingerprint density at radius 1 is 0.867 bits per heavy atom. The number of nitrogens with one attached hydrogen (secondary N) is 1. The molecular formula is C40H69NO4. The lowest BCUT2D eigenvalue weighted by molar-refractivity contribution is -0.137. The van der Waals surface area contributed by atoms with Gasteiger partial charge in [-0.25, -0.2) is 4.79 Å². The number of carbonyl (C=O) groups excluding carboxylic acids is 1. The van der Waals surface area contributed by atoms with E-state index in [1.165, 1.54) is 77.0 Å². The molecule has 5 nitrogen and oxygen atoms in total. The molecule has 0 aromatic rings. The third kappa shape index (κ3) is 9.53. The molecule has 2 N–H and O–H groups in total. The molecule has 4 aliphatic carbocycles. The minimum Gasteiger partial charge on any atom is -0.481 e. The third-order valence-corrected chi connectivity index (χ3v) is 13.4. The summed E-state index contributed by atoms with van der Waals surface area (Å²) in [6.07, 6.45) is 26.8. The molecule has 4 rings (SSSR count). The second-order valence-electron chi connectivity index (χ2n) is 16.8. The third-order valence-electron chi connectivity index (χ3n) is 13.4. The average Bonchev–Trinajstić information content (AvgIpc) is 3.35. The molecular weight excluding hydrogens is 558 g/mol. The van der Waals surface area contributed by atoms with Crippen molar-refractivity contribution in [3.05, 3.63) is 11.6 Å². The number of carbonyl (C=O) groups is 2. The van der Waals surface area contributed by atoms with Crippen LogP contribution in [0.4, 0.5) is 4.79 Å². The highest BCUT2D eigenvalue weighted by Crippen LogP contribution is 2.67. The van der Waals surface area contributed by atoms with E-state index in [0.717, 1.165) is 86.9 Å². The standard InChI is InChI=1S/C40H69NO4/c1-29(2)16-15-17-30(3)34-21-22-35-33-20-19-31-28-32(23-25-39(31,4)36(33)24-26-40(34,35)5)45-38(44)41-27-14-12-10-8-6-7-9-11-13-18-37(42)43/h19,29-30,32-36H,6-18,20-28H2,1-5H3,(H,41,44)(H,42,43)/t30-,32?,33?,34-,35?,36?,39+,40-/m1/s1. The fourth-order valence-electron chi connectivity index (χ4n) is 10.8. The van der Waals surface area contributed by atoms with Crippen LogP contribution in [0.1, 0.15) is 169 Å². The maximum Gasteiger partial charge on any atom is 0.407 e. The lowest BCUT2D eigenvalue weighted by atomic mass is 9.47. The van der Waals surface area contributed by atoms with Crippen molar-refractivity contribution >= 4 is 12.1 Å². The fraction of sp³-hybridized carbons (Fsp3) is 0.900. The molecule has 258 valence electrons. The largest absolute Gasteiger partial charge is 0.481 e. The van der Waals surface area contributed by atoms with Gasteiger partial charge in [-0.2, -0.15) is 0 Å². The van der Waals surface area contributed by atoms with E-state index in [0.29, 0.717) is 23.8 Å². The number of carboxylic acid groups (broad SMARTS) is 1. The van der Waals surface area contributed by atoms with Crippen LogP contribution in [-0.2, 0) is 9.53 Å². The number of hydrogen-bond donors (Lipinski definition) is 2. The molecule has 0 saturated heterocycles. The van der Waals surface area contributed by atoms with Gasteiger partial charge in [0.25, 0.3) is 0 Å². The van der Waals surface area contributed by atoms with Crippen LogP contribution in [0.2, 0.25) is 0 Å². The average molecular weight is 628 g/mol. The van der Waals surface area contributed by atoms with Gasteiger partial charge in [-0.15, -0.1) is 0 Å². The highest BCUT2D eigenvalue weighted by molar-refractivity contribution is 5.67. The quantitative estimate of drug-likeness (QED) is 0.117. The van der Waals surface area contributed by atoms with Gasteiger partial charge >= 0.3 is 12.1 Å². The first-order valence-electron chi connectivity index (χ1n) is 19.4. The maximum absolute atomic E-state index is 12.6. The van der Waals surface area contributed by atoms with E-state index < -0.39 is 5.97 Å². The van der Waals surface area contributed by atoms with E-state index >= 15 is 0 Å². The Morgan fingerprint density at radius 2 is 1.56 bits per heavy atom. The predicted molar refractivity (Wildman–Crippen MR) is 185 cm³/mol. The summed E-state index contributed by atoms with van der Waals surface area (Å²) in [6, 6.07) is 0. The molecule has 0 aromatic carbocycles. The minimum atomic E-state index is -0.685. The summed E-state index contributed by atoms with van der Waals surface area (Å²) in [5.41, 5.74) is 2.41. The number of aliphatic carboxylic acids is 1. The lowest BCUT2D eigenvalue weighted by Crippen LogP contribution is -2.51. The first-order chi connectivity index (χ1) is 21.5. The van der Waals surface area contributed by atoms with Crippen molar-refractivity contribution in [3.63, 3.8) is 0 Å². The van der Waals surface area contributed by atoms with E-state index in [1.807, 2.05) is 0 Å². The van der Waals surface area contributed by atoms with Gasteiger partial charge in [0.1, 0.15) is 6.10 Å². The molecule has 0 aliphatic heterocycles. The van der Waals surface area contributed by atoms with Crippen molar-refractivity contribution in [2.24, 2.45) is 46.3 Å². The van der Waals surface area contributed by atoms with Crippen LogP contribution in [0, 0.1) is 46.3 Å². The Labute approximate surface area is 276 Å². The molecule has 0 heterocycles. The van der Waals surface area contributed by atoms with Gasteiger partial charge in [0.05, 0.1) is 0 Å². The lowest BCUT2D eigenvalue weighted by Gasteiger charge is -2.58. The predicted octanol–water partition coefficient (Wildman–Crippen LogP) is 11.1. The van der Waals surface area contributed by atoms with Gasteiger partial charge in [-0.1, -0.05) is 110 Å². The summed E-state index contributed by atoms with van der Waals surface area (Å²) in [7, 11) is 0. The highest BCUT2D eigenvalue weighted by atomic mass is 16.6. The van der Waals surface area contributed by atoms with Crippen molar-refractivity contribution in [1.29, 1.82) is 0 Å². The molecule has 0 spiro atoms. The van der Waals surface area contributed by atoms with E-state index in [9.17, 15) is 9.59 Å². The summed E-state index contributed by atoms with van der Waals surface area (Å²) in [4.78, 5) is 23.2. The van der Waals surface area contributed by atoms with Crippen LogP contribution >= 0.6 is 0 Å². The number of amides is 1. The number of ether oxygens (including phenoxy) is 1. The summed E-state index contributed by atoms with van der Waals surface area (Å²) in [5, 5.41) is 11.7. The molecule has 3 fully saturated rings. The van der Waals surface area contributed by atoms with Crippen LogP contribution in [0.15, 0.2) is 11.6 Å². The first kappa shape index (κ1) is 36.3. The molecule has 4 aliphatic rings. The second-order valence-corrected chi connectivity index (χ2v) is 16.8. The molecule has 45 heavy (non-hydrogen) atoms. The van der Waals surface area contributed by atoms with Gasteiger partial charge in [-0.3, -0.25) is 4.79 Å². The maximum atomic E-state index is 12.6. The van der Waals surface area contributed by atoms with Gasteiger partial charge in [-0.05, 0) is 104 Å². The second kappa shape index (κ2) is 17.0. The number of allylic oxidation sites excluding steroid dienone is 1. The molecule has 1 amide bonds. The zero-order chi connectivity index (χ0) is 32.5. The van der Waals surface area contributed by atoms with Crippen LogP contribution in [0.25, 0.3) is 0 Å². The van der Waals surface area contributed by atoms with Gasteiger partial charge in [0.15, 0.2) is 0 Å². The van der Waals surface area contributed by atoms with Crippen molar-refractivity contribution in [2.75, 3.05) is 6.54 Å². The summed E-state index contributed by atoms with van der Waals surface area (Å²) in [5.74, 6) is 4.44. The number of carboxylic acids is 1. The summed E-state index contributed by atoms with van der Waals surface area (Å²) < 4.78 is 5.97. The van der Waals surface area contributed by atoms with Crippen molar-refractivity contribution in [3.8, 4) is 0 Å². The van der Waals surface area contributed by atoms with E-state index in [4.69, 9.17) is 9.84 Å². The van der Waals surface area contributed by atoms with Crippen molar-refractivity contribution < 1.29 is 19.4 Å². The molecule has 8 atom stereocenters. The van der Waals surface area contributed by atoms with E-state index in [1.54, 1.807) is 5.57 Å². The monoisotopic (exact) mass is 628 g/mol. The molecule has 3 saturated carbocycles. The van der Waals surface area contributed by atoms with Crippen molar-refractivity contribution in [1.82, 2.24) is 5.32 Å². The van der Waals surface area contributed by atoms with Crippen LogP contribution < -0.4 is 5.32 Å². The van der Waals surface area contributed by atoms with Gasteiger partial charge in [0, 0.05) is 19.4 Å². The Hall–Kier alpha value is -1.52. The molecule has 4 unspecified atom stereocenters.